The van der Waals surface area contributed by atoms with E-state index in [0.29, 0.717) is 0 Å². The maximum Gasteiger partial charge on any atom is 0.119 e. The lowest BCUT2D eigenvalue weighted by molar-refractivity contribution is 0.184. The summed E-state index contributed by atoms with van der Waals surface area (Å²) in [4.78, 5) is 0. The minimum atomic E-state index is 0.744. The molecule has 0 fully saturated rings. The Balaban J connectivity index is 1.88. The molecule has 0 heterocycles. The zero-order chi connectivity index (χ0) is 15.6. The maximum atomic E-state index is 5.74. The van der Waals surface area contributed by atoms with Crippen LogP contribution in [0.25, 0.3) is 11.1 Å². The van der Waals surface area contributed by atoms with Gasteiger partial charge >= 0.3 is 0 Å². The highest BCUT2D eigenvalue weighted by atomic mass is 16.5. The number of benzene rings is 2. The zero-order valence-electron chi connectivity index (χ0n) is 13.7. The monoisotopic (exact) mass is 298 g/mol. The van der Waals surface area contributed by atoms with Gasteiger partial charge in [-0.25, -0.2) is 0 Å². The van der Waals surface area contributed by atoms with Crippen LogP contribution in [0.4, 0.5) is 0 Å². The number of ether oxygens (including phenoxy) is 2. The Hall–Kier alpha value is -1.80. The molecule has 2 nitrogen and oxygen atoms in total. The van der Waals surface area contributed by atoms with Crippen molar-refractivity contribution < 1.29 is 9.47 Å². The molecule has 0 radical (unpaired) electrons. The van der Waals surface area contributed by atoms with Crippen LogP contribution >= 0.6 is 0 Å². The Kier molecular flexibility index (Phi) is 6.98. The van der Waals surface area contributed by atoms with Gasteiger partial charge in [0.1, 0.15) is 5.75 Å². The fourth-order valence-corrected chi connectivity index (χ4v) is 2.43. The topological polar surface area (TPSA) is 18.5 Å². The van der Waals surface area contributed by atoms with Crippen molar-refractivity contribution in [2.24, 2.45) is 0 Å². The zero-order valence-corrected chi connectivity index (χ0v) is 13.7. The van der Waals surface area contributed by atoms with Gasteiger partial charge in [0.25, 0.3) is 0 Å². The van der Waals surface area contributed by atoms with Gasteiger partial charge in [-0.2, -0.15) is 0 Å². The molecule has 0 aliphatic carbocycles. The van der Waals surface area contributed by atoms with E-state index in [0.717, 1.165) is 38.2 Å². The number of aryl methyl sites for hydroxylation is 1. The summed E-state index contributed by atoms with van der Waals surface area (Å²) in [6.07, 6.45) is 4.40. The van der Waals surface area contributed by atoms with Crippen LogP contribution in [0.3, 0.4) is 0 Å². The molecule has 2 rings (SSSR count). The van der Waals surface area contributed by atoms with E-state index in [1.165, 1.54) is 23.1 Å². The molecule has 2 heteroatoms. The van der Waals surface area contributed by atoms with Gasteiger partial charge in [-0.1, -0.05) is 49.7 Å². The van der Waals surface area contributed by atoms with Crippen LogP contribution in [0.2, 0.25) is 0 Å². The van der Waals surface area contributed by atoms with Crippen LogP contribution in [0.1, 0.15) is 31.7 Å². The molecule has 0 aliphatic rings. The van der Waals surface area contributed by atoms with Crippen LogP contribution in [0, 0.1) is 0 Å². The summed E-state index contributed by atoms with van der Waals surface area (Å²) >= 11 is 0. The average Bonchev–Trinajstić information content (AvgIpc) is 2.56. The summed E-state index contributed by atoms with van der Waals surface area (Å²) in [7, 11) is 1.73. The first-order valence-corrected chi connectivity index (χ1v) is 8.14. The highest BCUT2D eigenvalue weighted by Crippen LogP contribution is 2.23. The minimum Gasteiger partial charge on any atom is -0.494 e. The second kappa shape index (κ2) is 9.26. The maximum absolute atomic E-state index is 5.74. The van der Waals surface area contributed by atoms with E-state index >= 15 is 0 Å². The molecule has 0 bridgehead atoms. The third-order valence-electron chi connectivity index (χ3n) is 3.69. The van der Waals surface area contributed by atoms with E-state index in [-0.39, 0.29) is 0 Å². The molecule has 0 atom stereocenters. The standard InChI is InChI=1S/C20H26O2/c1-3-6-17-7-9-18(10-8-17)19-11-13-20(14-12-19)22-16-5-4-15-21-2/h7-14H,3-6,15-16H2,1-2H3. The molecule has 0 unspecified atom stereocenters. The molecule has 0 N–H and O–H groups in total. The largest absolute Gasteiger partial charge is 0.494 e. The van der Waals surface area contributed by atoms with Crippen molar-refractivity contribution in [3.63, 3.8) is 0 Å². The molecular weight excluding hydrogens is 272 g/mol. The Morgan fingerprint density at radius 3 is 1.95 bits per heavy atom. The van der Waals surface area contributed by atoms with Crippen LogP contribution in [-0.4, -0.2) is 20.3 Å². The SMILES string of the molecule is CCCc1ccc(-c2ccc(OCCCCOC)cc2)cc1. The molecular formula is C20H26O2. The minimum absolute atomic E-state index is 0.744. The third-order valence-corrected chi connectivity index (χ3v) is 3.69. The van der Waals surface area contributed by atoms with Gasteiger partial charge in [0.05, 0.1) is 6.61 Å². The molecule has 22 heavy (non-hydrogen) atoms. The Labute approximate surface area is 134 Å². The quantitative estimate of drug-likeness (QED) is 0.599. The fourth-order valence-electron chi connectivity index (χ4n) is 2.43. The van der Waals surface area contributed by atoms with Crippen molar-refractivity contribution in [1.82, 2.24) is 0 Å². The van der Waals surface area contributed by atoms with Crippen LogP contribution < -0.4 is 4.74 Å². The van der Waals surface area contributed by atoms with Crippen LogP contribution in [0.5, 0.6) is 5.75 Å². The van der Waals surface area contributed by atoms with E-state index in [4.69, 9.17) is 9.47 Å². The predicted molar refractivity (Wildman–Crippen MR) is 92.5 cm³/mol. The third kappa shape index (κ3) is 5.19. The van der Waals surface area contributed by atoms with Crippen molar-refractivity contribution >= 4 is 0 Å². The highest BCUT2D eigenvalue weighted by molar-refractivity contribution is 5.64. The first kappa shape index (κ1) is 16.6. The van der Waals surface area contributed by atoms with Crippen molar-refractivity contribution in [2.75, 3.05) is 20.3 Å². The van der Waals surface area contributed by atoms with E-state index in [9.17, 15) is 0 Å². The summed E-state index contributed by atoms with van der Waals surface area (Å²) in [5, 5.41) is 0. The van der Waals surface area contributed by atoms with Gasteiger partial charge in [0.15, 0.2) is 0 Å². The van der Waals surface area contributed by atoms with Crippen LogP contribution in [0.15, 0.2) is 48.5 Å². The molecule has 0 aromatic heterocycles. The van der Waals surface area contributed by atoms with Crippen molar-refractivity contribution in [3.8, 4) is 16.9 Å². The summed E-state index contributed by atoms with van der Waals surface area (Å²) < 4.78 is 10.8. The molecule has 2 aromatic carbocycles. The predicted octanol–water partition coefficient (Wildman–Crippen LogP) is 5.11. The Bertz CT molecular complexity index is 529. The first-order valence-electron chi connectivity index (χ1n) is 8.14. The number of methoxy groups -OCH3 is 1. The van der Waals surface area contributed by atoms with Gasteiger partial charge in [-0.15, -0.1) is 0 Å². The van der Waals surface area contributed by atoms with Gasteiger partial charge in [-0.05, 0) is 48.1 Å². The normalized spacial score (nSPS) is 10.6. The lowest BCUT2D eigenvalue weighted by atomic mass is 10.0. The molecule has 0 aliphatic heterocycles. The molecule has 2 aromatic rings. The molecule has 0 amide bonds. The average molecular weight is 298 g/mol. The number of rotatable bonds is 9. The number of hydrogen-bond acceptors (Lipinski definition) is 2. The molecule has 0 spiro atoms. The first-order chi connectivity index (χ1) is 10.8. The molecule has 0 saturated carbocycles. The smallest absolute Gasteiger partial charge is 0.119 e. The number of hydrogen-bond donors (Lipinski definition) is 0. The molecule has 118 valence electrons. The van der Waals surface area contributed by atoms with Gasteiger partial charge < -0.3 is 9.47 Å². The van der Waals surface area contributed by atoms with Gasteiger partial charge in [0, 0.05) is 13.7 Å². The van der Waals surface area contributed by atoms with E-state index in [1.807, 2.05) is 12.1 Å². The summed E-state index contributed by atoms with van der Waals surface area (Å²) in [5.41, 5.74) is 3.89. The van der Waals surface area contributed by atoms with Crippen LogP contribution in [-0.2, 0) is 11.2 Å². The summed E-state index contributed by atoms with van der Waals surface area (Å²) in [6.45, 7) is 3.76. The fraction of sp³-hybridized carbons (Fsp3) is 0.400. The molecule has 0 saturated heterocycles. The lowest BCUT2D eigenvalue weighted by Crippen LogP contribution is -1.99. The summed E-state index contributed by atoms with van der Waals surface area (Å²) in [6, 6.07) is 17.2. The second-order valence-corrected chi connectivity index (χ2v) is 5.52. The van der Waals surface area contributed by atoms with Gasteiger partial charge in [-0.3, -0.25) is 0 Å². The summed E-state index contributed by atoms with van der Waals surface area (Å²) in [5.74, 6) is 0.934. The van der Waals surface area contributed by atoms with Crippen molar-refractivity contribution in [3.05, 3.63) is 54.1 Å². The number of unbranched alkanes of at least 4 members (excludes halogenated alkanes) is 1. The van der Waals surface area contributed by atoms with E-state index in [2.05, 4.69) is 43.3 Å². The van der Waals surface area contributed by atoms with E-state index < -0.39 is 0 Å². The Morgan fingerprint density at radius 2 is 1.36 bits per heavy atom. The van der Waals surface area contributed by atoms with Crippen molar-refractivity contribution in [2.45, 2.75) is 32.6 Å². The lowest BCUT2D eigenvalue weighted by Gasteiger charge is -2.08. The Morgan fingerprint density at radius 1 is 0.773 bits per heavy atom. The van der Waals surface area contributed by atoms with Gasteiger partial charge in [0.2, 0.25) is 0 Å². The van der Waals surface area contributed by atoms with Crippen molar-refractivity contribution in [1.29, 1.82) is 0 Å². The highest BCUT2D eigenvalue weighted by Gasteiger charge is 2.00. The second-order valence-electron chi connectivity index (χ2n) is 5.52. The van der Waals surface area contributed by atoms with E-state index in [1.54, 1.807) is 7.11 Å².